The van der Waals surface area contributed by atoms with Gasteiger partial charge in [-0.05, 0) is 81.5 Å². The molecular formula is C40H43N5O9Si. The van der Waals surface area contributed by atoms with Crippen molar-refractivity contribution in [3.05, 3.63) is 170 Å². The van der Waals surface area contributed by atoms with Crippen molar-refractivity contribution in [1.82, 2.24) is 24.7 Å². The number of hydrogen-bond donors (Lipinski definition) is 5. The molecule has 0 spiro atoms. The number of carboxylic acids is 3. The van der Waals surface area contributed by atoms with Crippen LogP contribution in [0.2, 0.25) is 13.1 Å². The molecule has 0 aliphatic rings. The molecule has 0 fully saturated rings. The maximum absolute atomic E-state index is 10.1. The van der Waals surface area contributed by atoms with Crippen molar-refractivity contribution in [2.75, 3.05) is 0 Å². The molecule has 0 atom stereocenters. The van der Waals surface area contributed by atoms with Crippen LogP contribution in [0.5, 0.6) is 0 Å². The lowest BCUT2D eigenvalue weighted by Gasteiger charge is -2.11. The Morgan fingerprint density at radius 3 is 1.44 bits per heavy atom. The lowest BCUT2D eigenvalue weighted by Crippen LogP contribution is -2.43. The second-order valence-electron chi connectivity index (χ2n) is 11.2. The summed E-state index contributed by atoms with van der Waals surface area (Å²) in [6.07, 6.45) is 9.83. The predicted octanol–water partition coefficient (Wildman–Crippen LogP) is 6.08. The van der Waals surface area contributed by atoms with Gasteiger partial charge in [0.1, 0.15) is 5.69 Å². The number of para-hydroxylation sites is 1. The molecule has 14 nitrogen and oxygen atoms in total. The van der Waals surface area contributed by atoms with Crippen LogP contribution in [0.1, 0.15) is 24.3 Å². The highest BCUT2D eigenvalue weighted by Crippen LogP contribution is 2.14. The van der Waals surface area contributed by atoms with Crippen LogP contribution < -0.4 is 5.32 Å². The summed E-state index contributed by atoms with van der Waals surface area (Å²) >= 11 is 0. The Labute approximate surface area is 319 Å². The van der Waals surface area contributed by atoms with Gasteiger partial charge in [-0.3, -0.25) is 14.8 Å². The van der Waals surface area contributed by atoms with Crippen LogP contribution in [-0.4, -0.2) is 82.0 Å². The highest BCUT2D eigenvalue weighted by molar-refractivity contribution is 6.82. The number of aromatic nitrogens is 5. The van der Waals surface area contributed by atoms with E-state index in [9.17, 15) is 14.4 Å². The van der Waals surface area contributed by atoms with E-state index in [0.29, 0.717) is 0 Å². The number of aliphatic hydroxyl groups excluding tert-OH is 1. The fourth-order valence-electron chi connectivity index (χ4n) is 3.65. The standard InChI is InChI=1S/C11H9N.C9H8N2.C7H11NOSi.C6H5NO2.C5H8O2.C2H2O4/c1-2-6-10(7-3-1)11-8-4-5-9-12-11;1-2-5-9(6-3-1)11-8-4-7-10-11;1-10(2,9)7-5-3-4-6-8-7;8-6(9)5-3-1-2-4-7-5;1-4(6)3-5(2)7;3-1(4)2(5)6/h1-9H;1-8H;3-6,9H,1-2H3;1-4H,(H,8,9);3,6H,1-2H3;(H,3,4)(H,5,6)/b;;;;4-3-;. The molecule has 0 amide bonds. The molecule has 0 unspecified atom stereocenters. The first-order valence-corrected chi connectivity index (χ1v) is 19.2. The van der Waals surface area contributed by atoms with Crippen LogP contribution in [-0.2, 0) is 14.4 Å². The Bertz CT molecular complexity index is 1940. The van der Waals surface area contributed by atoms with E-state index in [1.54, 1.807) is 24.5 Å². The molecule has 6 aromatic rings. The van der Waals surface area contributed by atoms with Crippen LogP contribution in [0.4, 0.5) is 0 Å². The molecular weight excluding hydrogens is 723 g/mol. The number of aliphatic carboxylic acids is 2. The van der Waals surface area contributed by atoms with E-state index < -0.39 is 26.2 Å². The zero-order valence-corrected chi connectivity index (χ0v) is 31.6. The summed E-state index contributed by atoms with van der Waals surface area (Å²) in [5.41, 5.74) is 3.37. The lowest BCUT2D eigenvalue weighted by atomic mass is 10.1. The Morgan fingerprint density at radius 1 is 0.600 bits per heavy atom. The number of hydrogen-bond acceptors (Lipinski definition) is 10. The van der Waals surface area contributed by atoms with Gasteiger partial charge in [0, 0.05) is 42.6 Å². The first-order valence-electron chi connectivity index (χ1n) is 16.3. The van der Waals surface area contributed by atoms with Gasteiger partial charge in [0.2, 0.25) is 8.32 Å². The molecule has 0 bridgehead atoms. The average Bonchev–Trinajstić information content (AvgIpc) is 3.73. The molecule has 0 aliphatic heterocycles. The normalized spacial score (nSPS) is 9.87. The minimum atomic E-state index is -2.14. The molecule has 4 aromatic heterocycles. The second kappa shape index (κ2) is 25.8. The smallest absolute Gasteiger partial charge is 0.414 e. The molecule has 0 saturated heterocycles. The quantitative estimate of drug-likeness (QED) is 0.0581. The third-order valence-corrected chi connectivity index (χ3v) is 7.58. The predicted molar refractivity (Wildman–Crippen MR) is 210 cm³/mol. The minimum Gasteiger partial charge on any atom is -0.512 e. The summed E-state index contributed by atoms with van der Waals surface area (Å²) in [4.78, 5) is 59.8. The number of pyridine rings is 3. The summed E-state index contributed by atoms with van der Waals surface area (Å²) in [6.45, 7) is 6.56. The second-order valence-corrected chi connectivity index (χ2v) is 14.8. The van der Waals surface area contributed by atoms with Crippen molar-refractivity contribution in [2.45, 2.75) is 26.9 Å². The van der Waals surface area contributed by atoms with E-state index in [1.165, 1.54) is 32.2 Å². The largest absolute Gasteiger partial charge is 0.512 e. The highest BCUT2D eigenvalue weighted by Gasteiger charge is 2.20. The van der Waals surface area contributed by atoms with Gasteiger partial charge in [-0.15, -0.1) is 0 Å². The number of carboxylic acid groups (broad SMARTS) is 3. The van der Waals surface area contributed by atoms with E-state index in [4.69, 9.17) is 30.0 Å². The number of aliphatic hydroxyl groups is 1. The number of allylic oxidation sites excluding steroid dienone is 2. The highest BCUT2D eigenvalue weighted by atomic mass is 28.4. The molecule has 0 aliphatic carbocycles. The van der Waals surface area contributed by atoms with Gasteiger partial charge in [0.05, 0.1) is 22.5 Å². The average molecular weight is 766 g/mol. The fraction of sp³-hybridized carbons (Fsp3) is 0.100. The Balaban J connectivity index is 0.000000335. The summed E-state index contributed by atoms with van der Waals surface area (Å²) in [5, 5.41) is 36.4. The van der Waals surface area contributed by atoms with Gasteiger partial charge >= 0.3 is 17.9 Å². The first-order chi connectivity index (χ1) is 26.1. The number of aromatic carboxylic acids is 1. The Kier molecular flexibility index (Phi) is 21.5. The molecule has 5 N–H and O–H groups in total. The van der Waals surface area contributed by atoms with Gasteiger partial charge in [0.15, 0.2) is 5.78 Å². The van der Waals surface area contributed by atoms with Crippen molar-refractivity contribution in [2.24, 2.45) is 0 Å². The molecule has 2 aromatic carbocycles. The number of ketones is 1. The van der Waals surface area contributed by atoms with Gasteiger partial charge in [-0.25, -0.2) is 24.0 Å². The summed E-state index contributed by atoms with van der Waals surface area (Å²) in [6, 6.07) is 38.4. The zero-order chi connectivity index (χ0) is 41.1. The number of rotatable bonds is 5. The number of nitrogens with zero attached hydrogens (tertiary/aromatic N) is 5. The molecule has 286 valence electrons. The van der Waals surface area contributed by atoms with Gasteiger partial charge in [-0.2, -0.15) is 5.10 Å². The van der Waals surface area contributed by atoms with E-state index in [2.05, 4.69) is 32.2 Å². The van der Waals surface area contributed by atoms with Crippen molar-refractivity contribution >= 4 is 37.3 Å². The number of carbonyl (C=O) groups excluding carboxylic acids is 1. The third-order valence-electron chi connectivity index (χ3n) is 6.03. The van der Waals surface area contributed by atoms with Crippen LogP contribution in [0.3, 0.4) is 0 Å². The molecule has 55 heavy (non-hydrogen) atoms. The van der Waals surface area contributed by atoms with Crippen molar-refractivity contribution < 1.29 is 44.4 Å². The van der Waals surface area contributed by atoms with Gasteiger partial charge < -0.3 is 25.2 Å². The summed E-state index contributed by atoms with van der Waals surface area (Å²) in [7, 11) is -2.14. The molecule has 15 heteroatoms. The molecule has 6 rings (SSSR count). The maximum atomic E-state index is 10.1. The maximum Gasteiger partial charge on any atom is 0.414 e. The zero-order valence-electron chi connectivity index (χ0n) is 30.6. The lowest BCUT2D eigenvalue weighted by molar-refractivity contribution is -0.159. The van der Waals surface area contributed by atoms with Crippen molar-refractivity contribution in [1.29, 1.82) is 0 Å². The van der Waals surface area contributed by atoms with Gasteiger partial charge in [-0.1, -0.05) is 66.7 Å². The third kappa shape index (κ3) is 21.8. The molecule has 0 saturated carbocycles. The molecule has 4 heterocycles. The number of carbonyl (C=O) groups is 4. The monoisotopic (exact) mass is 765 g/mol. The SMILES string of the molecule is CC(=O)/C=C(/C)O.C[Si](C)(O)c1ccccn1.O=C(O)C(=O)O.O=C(O)c1ccccn1.c1ccc(-c2ccccn2)cc1.c1ccc(-n2cccn2)cc1. The number of benzene rings is 2. The fourth-order valence-corrected chi connectivity index (χ4v) is 4.55. The topological polar surface area (TPSA) is 226 Å². The van der Waals surface area contributed by atoms with E-state index in [-0.39, 0.29) is 17.2 Å². The Hall–Kier alpha value is -7.10. The summed E-state index contributed by atoms with van der Waals surface area (Å²) < 4.78 is 1.83. The molecule has 0 radical (unpaired) electrons. The van der Waals surface area contributed by atoms with Crippen molar-refractivity contribution in [3.8, 4) is 16.9 Å². The van der Waals surface area contributed by atoms with Crippen LogP contribution in [0, 0.1) is 0 Å². The van der Waals surface area contributed by atoms with E-state index >= 15 is 0 Å². The van der Waals surface area contributed by atoms with Gasteiger partial charge in [0.25, 0.3) is 0 Å². The van der Waals surface area contributed by atoms with Crippen LogP contribution in [0.15, 0.2) is 164 Å². The minimum absolute atomic E-state index is 0.0625. The van der Waals surface area contributed by atoms with Crippen LogP contribution >= 0.6 is 0 Å². The van der Waals surface area contributed by atoms with Crippen molar-refractivity contribution in [3.63, 3.8) is 0 Å². The summed E-state index contributed by atoms with van der Waals surface area (Å²) in [5.74, 6) is -4.70. The Morgan fingerprint density at radius 2 is 1.11 bits per heavy atom. The first kappa shape index (κ1) is 45.9. The van der Waals surface area contributed by atoms with E-state index in [0.717, 1.165) is 22.3 Å². The van der Waals surface area contributed by atoms with Crippen LogP contribution in [0.25, 0.3) is 16.9 Å². The van der Waals surface area contributed by atoms with E-state index in [1.807, 2.05) is 121 Å².